The van der Waals surface area contributed by atoms with Crippen LogP contribution in [0.25, 0.3) is 50.0 Å². The SMILES string of the molecule is Cc1ccc2nc(C(C)C)oc2c1-c1n(-c2cccc3ccccc23)c2ccccc2[n+]1C. The van der Waals surface area contributed by atoms with Gasteiger partial charge in [-0.2, -0.15) is 4.57 Å². The predicted molar refractivity (Wildman–Crippen MR) is 134 cm³/mol. The summed E-state index contributed by atoms with van der Waals surface area (Å²) in [5.41, 5.74) is 7.46. The number of aromatic nitrogens is 3. The molecule has 0 fully saturated rings. The largest absolute Gasteiger partial charge is 0.439 e. The Kier molecular flexibility index (Phi) is 4.37. The minimum absolute atomic E-state index is 0.225. The van der Waals surface area contributed by atoms with Crippen molar-refractivity contribution in [3.63, 3.8) is 0 Å². The van der Waals surface area contributed by atoms with Crippen molar-refractivity contribution < 1.29 is 8.98 Å². The molecule has 0 bridgehead atoms. The van der Waals surface area contributed by atoms with Crippen LogP contribution in [0, 0.1) is 6.92 Å². The van der Waals surface area contributed by atoms with Crippen LogP contribution < -0.4 is 4.57 Å². The highest BCUT2D eigenvalue weighted by Gasteiger charge is 2.31. The Hall–Kier alpha value is -3.92. The van der Waals surface area contributed by atoms with E-state index in [9.17, 15) is 0 Å². The highest BCUT2D eigenvalue weighted by atomic mass is 16.3. The highest BCUT2D eigenvalue weighted by Crippen LogP contribution is 2.37. The van der Waals surface area contributed by atoms with Crippen LogP contribution >= 0.6 is 0 Å². The fourth-order valence-corrected chi connectivity index (χ4v) is 4.87. The van der Waals surface area contributed by atoms with Gasteiger partial charge in [0.05, 0.1) is 7.05 Å². The Morgan fingerprint density at radius 3 is 2.48 bits per heavy atom. The number of hydrogen-bond donors (Lipinski definition) is 0. The van der Waals surface area contributed by atoms with E-state index in [4.69, 9.17) is 9.40 Å². The van der Waals surface area contributed by atoms with Gasteiger partial charge in [-0.15, -0.1) is 0 Å². The molecule has 6 aromatic rings. The maximum Gasteiger partial charge on any atom is 0.299 e. The molecule has 0 radical (unpaired) electrons. The number of aryl methyl sites for hydroxylation is 2. The van der Waals surface area contributed by atoms with Gasteiger partial charge in [0.1, 0.15) is 16.8 Å². The number of hydrogen-bond acceptors (Lipinski definition) is 2. The first kappa shape index (κ1) is 19.7. The molecule has 0 amide bonds. The summed E-state index contributed by atoms with van der Waals surface area (Å²) in [5.74, 6) is 2.08. The van der Waals surface area contributed by atoms with Crippen molar-refractivity contribution in [1.29, 1.82) is 0 Å². The van der Waals surface area contributed by atoms with Crippen LogP contribution in [0.1, 0.15) is 31.2 Å². The molecule has 0 saturated carbocycles. The minimum Gasteiger partial charge on any atom is -0.439 e. The second-order valence-corrected chi connectivity index (χ2v) is 9.02. The van der Waals surface area contributed by atoms with E-state index in [1.807, 2.05) is 0 Å². The zero-order valence-electron chi connectivity index (χ0n) is 19.3. The Morgan fingerprint density at radius 2 is 1.64 bits per heavy atom. The van der Waals surface area contributed by atoms with Crippen molar-refractivity contribution in [3.05, 3.63) is 90.3 Å². The molecule has 6 rings (SSSR count). The second kappa shape index (κ2) is 7.31. The van der Waals surface area contributed by atoms with Gasteiger partial charge in [-0.1, -0.05) is 68.4 Å². The third-order valence-electron chi connectivity index (χ3n) is 6.52. The van der Waals surface area contributed by atoms with Crippen LogP contribution in [0.2, 0.25) is 0 Å². The van der Waals surface area contributed by atoms with Gasteiger partial charge >= 0.3 is 0 Å². The summed E-state index contributed by atoms with van der Waals surface area (Å²) in [6.07, 6.45) is 0. The van der Waals surface area contributed by atoms with E-state index in [0.29, 0.717) is 0 Å². The van der Waals surface area contributed by atoms with Gasteiger partial charge in [0.25, 0.3) is 5.82 Å². The lowest BCUT2D eigenvalue weighted by Gasteiger charge is -2.09. The smallest absolute Gasteiger partial charge is 0.299 e. The van der Waals surface area contributed by atoms with Crippen molar-refractivity contribution in [2.75, 3.05) is 0 Å². The number of fused-ring (bicyclic) bond motifs is 3. The van der Waals surface area contributed by atoms with Gasteiger partial charge in [0.15, 0.2) is 22.5 Å². The van der Waals surface area contributed by atoms with E-state index in [1.165, 1.54) is 16.3 Å². The molecule has 4 nitrogen and oxygen atoms in total. The maximum absolute atomic E-state index is 6.39. The molecule has 2 heterocycles. The lowest BCUT2D eigenvalue weighted by molar-refractivity contribution is -0.633. The molecule has 2 aromatic heterocycles. The Bertz CT molecular complexity index is 1660. The van der Waals surface area contributed by atoms with Gasteiger partial charge in [0, 0.05) is 11.3 Å². The summed E-state index contributed by atoms with van der Waals surface area (Å²) in [5, 5.41) is 2.44. The molecule has 0 aliphatic rings. The molecular formula is C29H26N3O+. The quantitative estimate of drug-likeness (QED) is 0.287. The molecule has 4 aromatic carbocycles. The summed E-state index contributed by atoms with van der Waals surface area (Å²) in [6, 6.07) is 27.8. The molecule has 0 atom stereocenters. The average molecular weight is 433 g/mol. The molecule has 162 valence electrons. The van der Waals surface area contributed by atoms with Gasteiger partial charge < -0.3 is 4.42 Å². The first-order valence-electron chi connectivity index (χ1n) is 11.4. The minimum atomic E-state index is 0.225. The van der Waals surface area contributed by atoms with Crippen molar-refractivity contribution in [2.45, 2.75) is 26.7 Å². The van der Waals surface area contributed by atoms with Crippen molar-refractivity contribution >= 4 is 32.9 Å². The van der Waals surface area contributed by atoms with E-state index in [1.54, 1.807) is 0 Å². The second-order valence-electron chi connectivity index (χ2n) is 9.02. The molecule has 4 heteroatoms. The summed E-state index contributed by atoms with van der Waals surface area (Å²) >= 11 is 0. The Morgan fingerprint density at radius 1 is 0.879 bits per heavy atom. The molecule has 0 aliphatic heterocycles. The van der Waals surface area contributed by atoms with Crippen molar-refractivity contribution in [2.24, 2.45) is 7.05 Å². The maximum atomic E-state index is 6.39. The number of oxazole rings is 1. The van der Waals surface area contributed by atoms with Crippen molar-refractivity contribution in [1.82, 2.24) is 9.55 Å². The van der Waals surface area contributed by atoms with E-state index < -0.39 is 0 Å². The Labute approximate surface area is 192 Å². The Balaban J connectivity index is 1.80. The summed E-state index contributed by atoms with van der Waals surface area (Å²) in [4.78, 5) is 4.79. The normalized spacial score (nSPS) is 11.9. The zero-order valence-corrected chi connectivity index (χ0v) is 19.3. The van der Waals surface area contributed by atoms with Gasteiger partial charge in [-0.25, -0.2) is 9.55 Å². The van der Waals surface area contributed by atoms with Crippen LogP contribution in [0.4, 0.5) is 0 Å². The fourth-order valence-electron chi connectivity index (χ4n) is 4.87. The van der Waals surface area contributed by atoms with Crippen molar-refractivity contribution in [3.8, 4) is 17.1 Å². The monoisotopic (exact) mass is 432 g/mol. The van der Waals surface area contributed by atoms with Gasteiger partial charge in [-0.05, 0) is 42.1 Å². The standard InChI is InChI=1S/C29H26N3O/c1-18(2)28-30-22-17-16-19(3)26(27(22)33-28)29-31(4)24-13-7-8-14-25(24)32(29)23-15-9-11-20-10-5-6-12-21(20)23/h5-18H,1-4H3/q+1. The van der Waals surface area contributed by atoms with E-state index in [-0.39, 0.29) is 5.92 Å². The van der Waals surface area contributed by atoms with Crippen LogP contribution in [0.5, 0.6) is 0 Å². The molecule has 0 spiro atoms. The van der Waals surface area contributed by atoms with Crippen LogP contribution in [0.3, 0.4) is 0 Å². The van der Waals surface area contributed by atoms with Crippen LogP contribution in [0.15, 0.2) is 83.3 Å². The number of para-hydroxylation sites is 2. The average Bonchev–Trinajstić information content (AvgIpc) is 3.39. The van der Waals surface area contributed by atoms with E-state index >= 15 is 0 Å². The fraction of sp³-hybridized carbons (Fsp3) is 0.172. The molecule has 33 heavy (non-hydrogen) atoms. The summed E-state index contributed by atoms with van der Waals surface area (Å²) < 4.78 is 11.0. The topological polar surface area (TPSA) is 34.8 Å². The van der Waals surface area contributed by atoms with E-state index in [2.05, 4.69) is 116 Å². The number of benzene rings is 4. The predicted octanol–water partition coefficient (Wildman–Crippen LogP) is 6.85. The highest BCUT2D eigenvalue weighted by molar-refractivity contribution is 5.96. The van der Waals surface area contributed by atoms with Gasteiger partial charge in [0.2, 0.25) is 0 Å². The number of rotatable bonds is 3. The van der Waals surface area contributed by atoms with Crippen LogP contribution in [-0.2, 0) is 7.05 Å². The molecule has 0 saturated heterocycles. The first-order valence-corrected chi connectivity index (χ1v) is 11.4. The lowest BCUT2D eigenvalue weighted by Crippen LogP contribution is -2.30. The van der Waals surface area contributed by atoms with Gasteiger partial charge in [-0.3, -0.25) is 0 Å². The number of nitrogens with zero attached hydrogens (tertiary/aromatic N) is 3. The zero-order chi connectivity index (χ0) is 22.7. The molecular weight excluding hydrogens is 406 g/mol. The van der Waals surface area contributed by atoms with Crippen LogP contribution in [-0.4, -0.2) is 9.55 Å². The van der Waals surface area contributed by atoms with E-state index in [0.717, 1.165) is 45.1 Å². The first-order chi connectivity index (χ1) is 16.0. The number of imidazole rings is 1. The summed E-state index contributed by atoms with van der Waals surface area (Å²) in [6.45, 7) is 6.38. The molecule has 0 unspecified atom stereocenters. The lowest BCUT2D eigenvalue weighted by atomic mass is 10.1. The third-order valence-corrected chi connectivity index (χ3v) is 6.52. The molecule has 0 aliphatic carbocycles. The third kappa shape index (κ3) is 2.91. The molecule has 0 N–H and O–H groups in total. The summed E-state index contributed by atoms with van der Waals surface area (Å²) in [7, 11) is 2.14.